The highest BCUT2D eigenvalue weighted by Crippen LogP contribution is 2.56. The summed E-state index contributed by atoms with van der Waals surface area (Å²) in [5.74, 6) is -1.14. The molecule has 0 saturated carbocycles. The number of phosphoric ester groups is 1. The van der Waals surface area contributed by atoms with Crippen LogP contribution in [0.1, 0.15) is 42.6 Å². The van der Waals surface area contributed by atoms with Crippen LogP contribution < -0.4 is 0 Å². The van der Waals surface area contributed by atoms with Crippen LogP contribution in [-0.4, -0.2) is 53.7 Å². The predicted octanol–water partition coefficient (Wildman–Crippen LogP) is 2.72. The van der Waals surface area contributed by atoms with E-state index < -0.39 is 32.2 Å². The van der Waals surface area contributed by atoms with Crippen molar-refractivity contribution in [2.45, 2.75) is 57.8 Å². The highest BCUT2D eigenvalue weighted by molar-refractivity contribution is 7.48. The lowest BCUT2D eigenvalue weighted by molar-refractivity contribution is -0.145. The van der Waals surface area contributed by atoms with E-state index in [0.717, 1.165) is 0 Å². The topological polar surface area (TPSA) is 118 Å². The second kappa shape index (κ2) is 9.25. The summed E-state index contributed by atoms with van der Waals surface area (Å²) in [7, 11) is -3.93. The molecule has 0 bridgehead atoms. The van der Waals surface area contributed by atoms with Crippen LogP contribution in [0.5, 0.6) is 0 Å². The van der Waals surface area contributed by atoms with Gasteiger partial charge in [-0.1, -0.05) is 18.2 Å². The highest BCUT2D eigenvalue weighted by Gasteiger charge is 2.49. The summed E-state index contributed by atoms with van der Waals surface area (Å²) in [5, 5.41) is 0. The molecule has 10 nitrogen and oxygen atoms in total. The molecule has 4 rings (SSSR count). The second-order valence-corrected chi connectivity index (χ2v) is 9.52. The number of hydrogen-bond acceptors (Lipinski definition) is 9. The summed E-state index contributed by atoms with van der Waals surface area (Å²) in [4.78, 5) is 37.1. The van der Waals surface area contributed by atoms with Gasteiger partial charge in [-0.15, -0.1) is 0 Å². The van der Waals surface area contributed by atoms with Gasteiger partial charge in [-0.2, -0.15) is 0 Å². The molecule has 0 N–H and O–H groups in total. The molecule has 0 radical (unpaired) electrons. The Morgan fingerprint density at radius 2 is 2.03 bits per heavy atom. The molecule has 0 aromatic heterocycles. The molecule has 3 heterocycles. The monoisotopic (exact) mass is 465 g/mol. The molecule has 3 aliphatic rings. The van der Waals surface area contributed by atoms with E-state index in [1.807, 2.05) is 0 Å². The maximum Gasteiger partial charge on any atom is 0.475 e. The van der Waals surface area contributed by atoms with E-state index in [-0.39, 0.29) is 43.8 Å². The molecular formula is C21H24NO9P. The number of fused-ring (bicyclic) bond motifs is 1. The van der Waals surface area contributed by atoms with E-state index in [4.69, 9.17) is 23.0 Å². The van der Waals surface area contributed by atoms with Gasteiger partial charge in [0.2, 0.25) is 5.91 Å². The predicted molar refractivity (Wildman–Crippen MR) is 109 cm³/mol. The standard InChI is InChI=1S/C21H24NO9P/c1-13(2)29-21(25)16-6-4-3-5-14(16)11-27-32(26)28-12-18-17(31-32)10-20(30-18)22-8-7-15(23)9-19(22)24/h3-8,13,17-18,20H,9-12H2,1-2H3/t17-,18+,20+,32?/m0/s1. The number of hydrogen-bond donors (Lipinski definition) is 0. The SMILES string of the molecule is CC(C)OC(=O)c1ccccc1COP1(=O)OC[C@H]2O[C@@H](N3C=CC(=O)CC3=O)C[C@@H]2O1. The van der Waals surface area contributed by atoms with Crippen molar-refractivity contribution >= 4 is 25.5 Å². The fourth-order valence-electron chi connectivity index (χ4n) is 3.63. The number of ether oxygens (including phenoxy) is 2. The number of carbonyl (C=O) groups excluding carboxylic acids is 3. The van der Waals surface area contributed by atoms with Crippen LogP contribution in [0.2, 0.25) is 0 Å². The van der Waals surface area contributed by atoms with E-state index >= 15 is 0 Å². The third kappa shape index (κ3) is 5.00. The summed E-state index contributed by atoms with van der Waals surface area (Å²) in [6.45, 7) is 3.27. The molecule has 4 atom stereocenters. The normalized spacial score (nSPS) is 30.0. The van der Waals surface area contributed by atoms with Gasteiger partial charge in [-0.25, -0.2) is 9.36 Å². The lowest BCUT2D eigenvalue weighted by Crippen LogP contribution is -2.39. The van der Waals surface area contributed by atoms with Crippen LogP contribution in [0.15, 0.2) is 36.5 Å². The summed E-state index contributed by atoms with van der Waals surface area (Å²) < 4.78 is 40.5. The van der Waals surface area contributed by atoms with Crippen molar-refractivity contribution in [3.63, 3.8) is 0 Å². The lowest BCUT2D eigenvalue weighted by atomic mass is 10.1. The fraction of sp³-hybridized carbons (Fsp3) is 0.476. The smallest absolute Gasteiger partial charge is 0.459 e. The van der Waals surface area contributed by atoms with Crippen molar-refractivity contribution in [1.82, 2.24) is 4.90 Å². The minimum absolute atomic E-state index is 0.0415. The first-order valence-corrected chi connectivity index (χ1v) is 11.7. The first kappa shape index (κ1) is 22.8. The summed E-state index contributed by atoms with van der Waals surface area (Å²) in [5.41, 5.74) is 0.786. The van der Waals surface area contributed by atoms with E-state index in [1.54, 1.807) is 38.1 Å². The van der Waals surface area contributed by atoms with Crippen LogP contribution in [0.25, 0.3) is 0 Å². The van der Waals surface area contributed by atoms with E-state index in [1.165, 1.54) is 17.2 Å². The molecule has 11 heteroatoms. The zero-order chi connectivity index (χ0) is 22.9. The number of rotatable bonds is 6. The van der Waals surface area contributed by atoms with Gasteiger partial charge in [0.1, 0.15) is 18.4 Å². The summed E-state index contributed by atoms with van der Waals surface area (Å²) in [6.07, 6.45) is 0.666. The maximum atomic E-state index is 13.0. The molecule has 3 aliphatic heterocycles. The van der Waals surface area contributed by atoms with Crippen molar-refractivity contribution in [1.29, 1.82) is 0 Å². The number of carbonyl (C=O) groups is 3. The zero-order valence-electron chi connectivity index (χ0n) is 17.7. The quantitative estimate of drug-likeness (QED) is 0.355. The molecule has 0 aliphatic carbocycles. The van der Waals surface area contributed by atoms with Crippen molar-refractivity contribution in [3.8, 4) is 0 Å². The van der Waals surface area contributed by atoms with Crippen molar-refractivity contribution in [2.75, 3.05) is 6.61 Å². The number of amides is 1. The summed E-state index contributed by atoms with van der Waals surface area (Å²) in [6, 6.07) is 6.69. The Kier molecular flexibility index (Phi) is 6.60. The molecule has 2 saturated heterocycles. The van der Waals surface area contributed by atoms with Crippen LogP contribution >= 0.6 is 7.82 Å². The van der Waals surface area contributed by atoms with Gasteiger partial charge in [0.15, 0.2) is 5.78 Å². The van der Waals surface area contributed by atoms with Gasteiger partial charge in [0.05, 0.1) is 31.3 Å². The van der Waals surface area contributed by atoms with Crippen LogP contribution in [-0.2, 0) is 43.8 Å². The average Bonchev–Trinajstić information content (AvgIpc) is 3.14. The molecule has 172 valence electrons. The fourth-order valence-corrected chi connectivity index (χ4v) is 5.01. The Balaban J connectivity index is 1.39. The van der Waals surface area contributed by atoms with Gasteiger partial charge in [0.25, 0.3) is 0 Å². The van der Waals surface area contributed by atoms with Gasteiger partial charge in [-0.3, -0.25) is 28.1 Å². The molecule has 1 aromatic rings. The largest absolute Gasteiger partial charge is 0.475 e. The molecule has 1 amide bonds. The van der Waals surface area contributed by atoms with E-state index in [0.29, 0.717) is 11.1 Å². The first-order valence-electron chi connectivity index (χ1n) is 10.3. The molecule has 0 spiro atoms. The van der Waals surface area contributed by atoms with Gasteiger partial charge >= 0.3 is 13.8 Å². The third-order valence-electron chi connectivity index (χ3n) is 5.14. The van der Waals surface area contributed by atoms with Crippen LogP contribution in [0, 0.1) is 0 Å². The molecule has 2 fully saturated rings. The summed E-state index contributed by atoms with van der Waals surface area (Å²) >= 11 is 0. The highest BCUT2D eigenvalue weighted by atomic mass is 31.2. The lowest BCUT2D eigenvalue weighted by Gasteiger charge is -2.30. The number of phosphoric acid groups is 1. The molecule has 1 unspecified atom stereocenters. The minimum atomic E-state index is -3.93. The third-order valence-corrected chi connectivity index (χ3v) is 6.58. The molecule has 1 aromatic carbocycles. The van der Waals surface area contributed by atoms with Gasteiger partial charge in [0, 0.05) is 12.6 Å². The first-order chi connectivity index (χ1) is 15.2. The van der Waals surface area contributed by atoms with E-state index in [9.17, 15) is 18.9 Å². The van der Waals surface area contributed by atoms with Crippen LogP contribution in [0.3, 0.4) is 0 Å². The average molecular weight is 465 g/mol. The van der Waals surface area contributed by atoms with Crippen molar-refractivity contribution in [2.24, 2.45) is 0 Å². The molecule has 32 heavy (non-hydrogen) atoms. The number of benzene rings is 1. The van der Waals surface area contributed by atoms with Crippen molar-refractivity contribution in [3.05, 3.63) is 47.7 Å². The Morgan fingerprint density at radius 3 is 2.78 bits per heavy atom. The van der Waals surface area contributed by atoms with Crippen LogP contribution in [0.4, 0.5) is 0 Å². The Labute approximate surface area is 185 Å². The van der Waals surface area contributed by atoms with Gasteiger partial charge in [-0.05, 0) is 31.6 Å². The zero-order valence-corrected chi connectivity index (χ0v) is 18.6. The minimum Gasteiger partial charge on any atom is -0.459 e. The number of ketones is 1. The Bertz CT molecular complexity index is 991. The molecular weight excluding hydrogens is 441 g/mol. The maximum absolute atomic E-state index is 13.0. The Hall–Kier alpha value is -2.36. The second-order valence-electron chi connectivity index (χ2n) is 7.90. The Morgan fingerprint density at radius 1 is 1.25 bits per heavy atom. The number of nitrogens with zero attached hydrogens (tertiary/aromatic N) is 1. The number of esters is 1. The van der Waals surface area contributed by atoms with E-state index in [2.05, 4.69) is 0 Å². The number of allylic oxidation sites excluding steroid dienone is 1. The van der Waals surface area contributed by atoms with Gasteiger partial charge < -0.3 is 9.47 Å². The van der Waals surface area contributed by atoms with Crippen molar-refractivity contribution < 1.29 is 42.0 Å².